The Kier molecular flexibility index (Phi) is 5.97. The second-order valence-corrected chi connectivity index (χ2v) is 8.28. The van der Waals surface area contributed by atoms with E-state index in [0.29, 0.717) is 0 Å². The quantitative estimate of drug-likeness (QED) is 0.312. The molecule has 2 aromatic carbocycles. The highest BCUT2D eigenvalue weighted by molar-refractivity contribution is 9.10. The summed E-state index contributed by atoms with van der Waals surface area (Å²) in [6.45, 7) is 2.07. The molecule has 0 unspecified atom stereocenters. The lowest BCUT2D eigenvalue weighted by Gasteiger charge is -2.10. The third-order valence-electron chi connectivity index (χ3n) is 3.96. The van der Waals surface area contributed by atoms with Gasteiger partial charge in [0.05, 0.1) is 5.39 Å². The van der Waals surface area contributed by atoms with E-state index in [-0.39, 0.29) is 12.4 Å². The minimum atomic E-state index is 0. The van der Waals surface area contributed by atoms with E-state index in [4.69, 9.17) is 0 Å². The highest BCUT2D eigenvalue weighted by Gasteiger charge is 2.13. The van der Waals surface area contributed by atoms with Crippen LogP contribution in [0.5, 0.6) is 0 Å². The topological polar surface area (TPSA) is 37.8 Å². The van der Waals surface area contributed by atoms with Crippen molar-refractivity contribution in [1.29, 1.82) is 0 Å². The molecule has 7 heteroatoms. The van der Waals surface area contributed by atoms with E-state index in [1.165, 1.54) is 5.56 Å². The molecule has 2 heterocycles. The number of anilines is 2. The smallest absolute Gasteiger partial charge is 0.143 e. The van der Waals surface area contributed by atoms with Gasteiger partial charge in [-0.1, -0.05) is 50.1 Å². The molecule has 26 heavy (non-hydrogen) atoms. The number of nitrogens with zero attached hydrogens (tertiary/aromatic N) is 2. The van der Waals surface area contributed by atoms with E-state index < -0.39 is 0 Å². The lowest BCUT2D eigenvalue weighted by atomic mass is 10.1. The van der Waals surface area contributed by atoms with Gasteiger partial charge in [0.15, 0.2) is 0 Å². The van der Waals surface area contributed by atoms with Crippen LogP contribution in [0.2, 0.25) is 0 Å². The van der Waals surface area contributed by atoms with Gasteiger partial charge in [0, 0.05) is 25.6 Å². The first kappa shape index (κ1) is 19.3. The highest BCUT2D eigenvalue weighted by atomic mass is 79.9. The van der Waals surface area contributed by atoms with Crippen molar-refractivity contribution < 1.29 is 0 Å². The number of benzene rings is 2. The molecule has 0 radical (unpaired) electrons. The Labute approximate surface area is 178 Å². The molecule has 3 nitrogen and oxygen atoms in total. The van der Waals surface area contributed by atoms with Gasteiger partial charge in [-0.15, -0.1) is 23.7 Å². The molecular weight excluding hydrogens is 498 g/mol. The summed E-state index contributed by atoms with van der Waals surface area (Å²) in [6, 6.07) is 14.5. The minimum absolute atomic E-state index is 0. The summed E-state index contributed by atoms with van der Waals surface area (Å²) in [6.07, 6.45) is 1.61. The summed E-state index contributed by atoms with van der Waals surface area (Å²) in [5.74, 6) is 0.819. The second-order valence-electron chi connectivity index (χ2n) is 5.65. The number of hydrogen-bond donors (Lipinski definition) is 1. The molecule has 132 valence electrons. The number of aromatic nitrogens is 2. The van der Waals surface area contributed by atoms with Crippen LogP contribution in [0.15, 0.2) is 63.1 Å². The standard InChI is InChI=1S/C19H13Br2N3S.ClH/c1-11-2-7-14(8-16(11)21)24-18-17-15(9-25-19(17)23-10-22-18)12-3-5-13(20)6-4-12;/h2-10H,1H3,(H,22,23,24);1H. The molecule has 4 aromatic rings. The third-order valence-corrected chi connectivity index (χ3v) is 6.23. The Balaban J connectivity index is 0.00000196. The van der Waals surface area contributed by atoms with Crippen molar-refractivity contribution in [3.8, 4) is 11.1 Å². The molecule has 0 spiro atoms. The van der Waals surface area contributed by atoms with Crippen molar-refractivity contribution in [2.75, 3.05) is 5.32 Å². The number of halogens is 3. The Morgan fingerprint density at radius 2 is 1.77 bits per heavy atom. The van der Waals surface area contributed by atoms with Gasteiger partial charge in [-0.3, -0.25) is 0 Å². The first-order valence-corrected chi connectivity index (χ1v) is 10.1. The van der Waals surface area contributed by atoms with Crippen LogP contribution in [0.1, 0.15) is 5.56 Å². The van der Waals surface area contributed by atoms with Crippen molar-refractivity contribution in [1.82, 2.24) is 9.97 Å². The first-order valence-electron chi connectivity index (χ1n) is 7.63. The average Bonchev–Trinajstić information content (AvgIpc) is 3.04. The minimum Gasteiger partial charge on any atom is -0.340 e. The zero-order valence-electron chi connectivity index (χ0n) is 13.7. The summed E-state index contributed by atoms with van der Waals surface area (Å²) in [5, 5.41) is 6.62. The first-order chi connectivity index (χ1) is 12.1. The molecule has 0 amide bonds. The van der Waals surface area contributed by atoms with E-state index >= 15 is 0 Å². The second kappa shape index (κ2) is 8.05. The molecule has 0 bridgehead atoms. The molecule has 0 saturated carbocycles. The van der Waals surface area contributed by atoms with Crippen LogP contribution in [0.25, 0.3) is 21.3 Å². The zero-order chi connectivity index (χ0) is 17.4. The van der Waals surface area contributed by atoms with Crippen LogP contribution in [0.3, 0.4) is 0 Å². The van der Waals surface area contributed by atoms with Crippen molar-refractivity contribution >= 4 is 77.3 Å². The fraction of sp³-hybridized carbons (Fsp3) is 0.0526. The molecule has 0 fully saturated rings. The summed E-state index contributed by atoms with van der Waals surface area (Å²) >= 11 is 8.71. The Hall–Kier alpha value is -1.47. The van der Waals surface area contributed by atoms with Gasteiger partial charge in [0.1, 0.15) is 17.0 Å². The summed E-state index contributed by atoms with van der Waals surface area (Å²) in [4.78, 5) is 9.89. The molecule has 0 aliphatic heterocycles. The molecule has 0 atom stereocenters. The third kappa shape index (κ3) is 3.78. The number of nitrogens with one attached hydrogen (secondary N) is 1. The van der Waals surface area contributed by atoms with E-state index in [2.05, 4.69) is 89.8 Å². The monoisotopic (exact) mass is 509 g/mol. The highest BCUT2D eigenvalue weighted by Crippen LogP contribution is 2.38. The number of aryl methyl sites for hydroxylation is 1. The van der Waals surface area contributed by atoms with Crippen LogP contribution < -0.4 is 5.32 Å². The molecule has 1 N–H and O–H groups in total. The molecule has 4 rings (SSSR count). The van der Waals surface area contributed by atoms with E-state index in [0.717, 1.165) is 41.8 Å². The Bertz CT molecular complexity index is 1060. The largest absolute Gasteiger partial charge is 0.340 e. The van der Waals surface area contributed by atoms with Crippen molar-refractivity contribution in [2.45, 2.75) is 6.92 Å². The summed E-state index contributed by atoms with van der Waals surface area (Å²) in [5.41, 5.74) is 4.48. The lowest BCUT2D eigenvalue weighted by Crippen LogP contribution is -1.96. The van der Waals surface area contributed by atoms with Gasteiger partial charge in [-0.05, 0) is 42.3 Å². The van der Waals surface area contributed by atoms with Crippen molar-refractivity contribution in [3.63, 3.8) is 0 Å². The number of hydrogen-bond acceptors (Lipinski definition) is 4. The maximum Gasteiger partial charge on any atom is 0.143 e. The van der Waals surface area contributed by atoms with Gasteiger partial charge in [0.25, 0.3) is 0 Å². The van der Waals surface area contributed by atoms with Gasteiger partial charge < -0.3 is 5.32 Å². The summed E-state index contributed by atoms with van der Waals surface area (Å²) in [7, 11) is 0. The molecule has 2 aromatic heterocycles. The van der Waals surface area contributed by atoms with Gasteiger partial charge >= 0.3 is 0 Å². The fourth-order valence-electron chi connectivity index (χ4n) is 2.62. The summed E-state index contributed by atoms with van der Waals surface area (Å²) < 4.78 is 2.14. The normalized spacial score (nSPS) is 10.6. The maximum atomic E-state index is 4.49. The molecule has 0 saturated heterocycles. The Morgan fingerprint density at radius 3 is 2.50 bits per heavy atom. The molecule has 0 aliphatic rings. The fourth-order valence-corrected chi connectivity index (χ4v) is 4.18. The van der Waals surface area contributed by atoms with Gasteiger partial charge in [-0.2, -0.15) is 0 Å². The predicted molar refractivity (Wildman–Crippen MR) is 120 cm³/mol. The number of fused-ring (bicyclic) bond motifs is 1. The van der Waals surface area contributed by atoms with Crippen molar-refractivity contribution in [3.05, 3.63) is 68.7 Å². The van der Waals surface area contributed by atoms with E-state index in [1.54, 1.807) is 17.7 Å². The average molecular weight is 512 g/mol. The van der Waals surface area contributed by atoms with Crippen LogP contribution in [0.4, 0.5) is 11.5 Å². The van der Waals surface area contributed by atoms with E-state index in [1.807, 2.05) is 12.1 Å². The van der Waals surface area contributed by atoms with Crippen LogP contribution >= 0.6 is 55.6 Å². The SMILES string of the molecule is Cc1ccc(Nc2ncnc3scc(-c4ccc(Br)cc4)c23)cc1Br.Cl. The lowest BCUT2D eigenvalue weighted by molar-refractivity contribution is 1.23. The Morgan fingerprint density at radius 1 is 1.00 bits per heavy atom. The van der Waals surface area contributed by atoms with Crippen molar-refractivity contribution in [2.24, 2.45) is 0 Å². The van der Waals surface area contributed by atoms with Crippen LogP contribution in [-0.4, -0.2) is 9.97 Å². The van der Waals surface area contributed by atoms with Crippen LogP contribution in [-0.2, 0) is 0 Å². The van der Waals surface area contributed by atoms with Gasteiger partial charge in [0.2, 0.25) is 0 Å². The zero-order valence-corrected chi connectivity index (χ0v) is 18.5. The predicted octanol–water partition coefficient (Wildman–Crippen LogP) is 7.36. The molecular formula is C19H14Br2ClN3S. The van der Waals surface area contributed by atoms with Gasteiger partial charge in [-0.25, -0.2) is 9.97 Å². The van der Waals surface area contributed by atoms with E-state index in [9.17, 15) is 0 Å². The maximum absolute atomic E-state index is 4.49. The van der Waals surface area contributed by atoms with Crippen LogP contribution in [0, 0.1) is 6.92 Å². The number of thiophene rings is 1. The molecule has 0 aliphatic carbocycles. The number of rotatable bonds is 3.